The Morgan fingerprint density at radius 3 is 2.52 bits per heavy atom. The van der Waals surface area contributed by atoms with E-state index in [9.17, 15) is 9.59 Å². The van der Waals surface area contributed by atoms with Crippen LogP contribution in [-0.4, -0.2) is 31.8 Å². The monoisotopic (exact) mass is 488 g/mol. The van der Waals surface area contributed by atoms with Crippen LogP contribution in [0.5, 0.6) is 11.5 Å². The summed E-state index contributed by atoms with van der Waals surface area (Å²) >= 11 is 3.53. The van der Waals surface area contributed by atoms with Crippen molar-refractivity contribution in [3.63, 3.8) is 0 Å². The summed E-state index contributed by atoms with van der Waals surface area (Å²) in [6.07, 6.45) is -0.0608. The lowest BCUT2D eigenvalue weighted by Gasteiger charge is -2.30. The SMILES string of the molecule is CCOC(=O)C1=C(c2ccccc2)NC(=O)N[C@H]1c1cc(Br)c(OC(C)C)c(OC)c1. The van der Waals surface area contributed by atoms with Gasteiger partial charge in [0, 0.05) is 0 Å². The van der Waals surface area contributed by atoms with Gasteiger partial charge in [-0.15, -0.1) is 0 Å². The van der Waals surface area contributed by atoms with E-state index < -0.39 is 18.0 Å². The molecule has 8 heteroatoms. The third-order valence-electron chi connectivity index (χ3n) is 4.57. The number of ether oxygens (including phenoxy) is 3. The van der Waals surface area contributed by atoms with Gasteiger partial charge >= 0.3 is 12.0 Å². The number of hydrogen-bond acceptors (Lipinski definition) is 5. The van der Waals surface area contributed by atoms with Gasteiger partial charge in [-0.1, -0.05) is 30.3 Å². The highest BCUT2D eigenvalue weighted by atomic mass is 79.9. The highest BCUT2D eigenvalue weighted by molar-refractivity contribution is 9.10. The molecule has 1 aliphatic rings. The largest absolute Gasteiger partial charge is 0.493 e. The molecule has 0 unspecified atom stereocenters. The van der Waals surface area contributed by atoms with E-state index in [0.717, 1.165) is 0 Å². The predicted octanol–water partition coefficient (Wildman–Crippen LogP) is 4.57. The van der Waals surface area contributed by atoms with E-state index in [-0.39, 0.29) is 12.7 Å². The van der Waals surface area contributed by atoms with Gasteiger partial charge in [0.25, 0.3) is 0 Å². The third kappa shape index (κ3) is 5.02. The molecule has 0 bridgehead atoms. The van der Waals surface area contributed by atoms with Crippen LogP contribution in [0.1, 0.15) is 37.9 Å². The van der Waals surface area contributed by atoms with Crippen LogP contribution >= 0.6 is 15.9 Å². The summed E-state index contributed by atoms with van der Waals surface area (Å²) in [5.74, 6) is 0.512. The molecule has 2 aromatic carbocycles. The molecule has 0 spiro atoms. The molecule has 0 fully saturated rings. The van der Waals surface area contributed by atoms with E-state index in [1.807, 2.05) is 44.2 Å². The number of halogens is 1. The minimum atomic E-state index is -0.749. The quantitative estimate of drug-likeness (QED) is 0.557. The van der Waals surface area contributed by atoms with Crippen molar-refractivity contribution in [3.8, 4) is 11.5 Å². The molecule has 0 aliphatic carbocycles. The van der Waals surface area contributed by atoms with Crippen LogP contribution in [0.2, 0.25) is 0 Å². The molecule has 2 aromatic rings. The number of carbonyl (C=O) groups excluding carboxylic acids is 2. The maximum Gasteiger partial charge on any atom is 0.338 e. The minimum absolute atomic E-state index is 0.0608. The second-order valence-corrected chi connectivity index (χ2v) is 7.96. The average Bonchev–Trinajstić information content (AvgIpc) is 2.74. The second-order valence-electron chi connectivity index (χ2n) is 7.11. The van der Waals surface area contributed by atoms with Gasteiger partial charge in [-0.25, -0.2) is 9.59 Å². The Balaban J connectivity index is 2.19. The summed E-state index contributed by atoms with van der Waals surface area (Å²) in [6.45, 7) is 5.78. The fourth-order valence-corrected chi connectivity index (χ4v) is 3.89. The number of rotatable bonds is 7. The van der Waals surface area contributed by atoms with Crippen molar-refractivity contribution in [2.75, 3.05) is 13.7 Å². The molecular weight excluding hydrogens is 464 g/mol. The number of carbonyl (C=O) groups is 2. The van der Waals surface area contributed by atoms with Crippen LogP contribution in [0.15, 0.2) is 52.5 Å². The first-order chi connectivity index (χ1) is 14.8. The van der Waals surface area contributed by atoms with Crippen molar-refractivity contribution in [1.29, 1.82) is 0 Å². The topological polar surface area (TPSA) is 85.9 Å². The van der Waals surface area contributed by atoms with E-state index in [2.05, 4.69) is 26.6 Å². The number of hydrogen-bond donors (Lipinski definition) is 2. The highest BCUT2D eigenvalue weighted by Crippen LogP contribution is 2.41. The molecule has 1 heterocycles. The number of esters is 1. The molecule has 2 N–H and O–H groups in total. The molecule has 0 saturated heterocycles. The van der Waals surface area contributed by atoms with Crippen LogP contribution in [0.3, 0.4) is 0 Å². The third-order valence-corrected chi connectivity index (χ3v) is 5.16. The van der Waals surface area contributed by atoms with Crippen molar-refractivity contribution >= 4 is 33.6 Å². The van der Waals surface area contributed by atoms with Gasteiger partial charge < -0.3 is 24.8 Å². The van der Waals surface area contributed by atoms with Crippen molar-refractivity contribution in [2.24, 2.45) is 0 Å². The maximum absolute atomic E-state index is 13.0. The fourth-order valence-electron chi connectivity index (χ4n) is 3.33. The van der Waals surface area contributed by atoms with E-state index in [1.54, 1.807) is 19.1 Å². The molecular formula is C23H25BrN2O5. The molecule has 0 saturated carbocycles. The van der Waals surface area contributed by atoms with Gasteiger partial charge in [0.05, 0.1) is 41.6 Å². The van der Waals surface area contributed by atoms with Gasteiger partial charge in [0.15, 0.2) is 11.5 Å². The van der Waals surface area contributed by atoms with Crippen LogP contribution in [-0.2, 0) is 9.53 Å². The Bertz CT molecular complexity index is 1000. The number of methoxy groups -OCH3 is 1. The Hall–Kier alpha value is -3.00. The zero-order valence-electron chi connectivity index (χ0n) is 17.8. The smallest absolute Gasteiger partial charge is 0.338 e. The van der Waals surface area contributed by atoms with Crippen molar-refractivity contribution < 1.29 is 23.8 Å². The Morgan fingerprint density at radius 1 is 1.19 bits per heavy atom. The van der Waals surface area contributed by atoms with Crippen molar-refractivity contribution in [2.45, 2.75) is 32.9 Å². The van der Waals surface area contributed by atoms with Gasteiger partial charge in [-0.3, -0.25) is 0 Å². The second kappa shape index (κ2) is 9.87. The molecule has 2 amide bonds. The first-order valence-corrected chi connectivity index (χ1v) is 10.7. The van der Waals surface area contributed by atoms with E-state index >= 15 is 0 Å². The molecule has 3 rings (SSSR count). The molecule has 7 nitrogen and oxygen atoms in total. The fraction of sp³-hybridized carbons (Fsp3) is 0.304. The summed E-state index contributed by atoms with van der Waals surface area (Å²) < 4.78 is 17.4. The summed E-state index contributed by atoms with van der Waals surface area (Å²) in [5, 5.41) is 5.60. The summed E-state index contributed by atoms with van der Waals surface area (Å²) in [5.41, 5.74) is 2.06. The lowest BCUT2D eigenvalue weighted by molar-refractivity contribution is -0.138. The van der Waals surface area contributed by atoms with Crippen LogP contribution < -0.4 is 20.1 Å². The predicted molar refractivity (Wildman–Crippen MR) is 121 cm³/mol. The molecule has 31 heavy (non-hydrogen) atoms. The van der Waals surface area contributed by atoms with Crippen LogP contribution in [0, 0.1) is 0 Å². The van der Waals surface area contributed by atoms with Crippen molar-refractivity contribution in [3.05, 3.63) is 63.6 Å². The van der Waals surface area contributed by atoms with E-state index in [1.165, 1.54) is 7.11 Å². The maximum atomic E-state index is 13.0. The van der Waals surface area contributed by atoms with Gasteiger partial charge in [0.1, 0.15) is 0 Å². The normalized spacial score (nSPS) is 15.9. The van der Waals surface area contributed by atoms with Gasteiger partial charge in [-0.05, 0) is 60.0 Å². The Morgan fingerprint density at radius 2 is 1.90 bits per heavy atom. The van der Waals surface area contributed by atoms with Crippen molar-refractivity contribution in [1.82, 2.24) is 10.6 Å². The summed E-state index contributed by atoms with van der Waals surface area (Å²) in [7, 11) is 1.54. The zero-order chi connectivity index (χ0) is 22.5. The lowest BCUT2D eigenvalue weighted by atomic mass is 9.92. The minimum Gasteiger partial charge on any atom is -0.493 e. The Labute approximate surface area is 189 Å². The zero-order valence-corrected chi connectivity index (χ0v) is 19.4. The molecule has 1 aliphatic heterocycles. The molecule has 0 aromatic heterocycles. The number of urea groups is 1. The first kappa shape index (κ1) is 22.7. The van der Waals surface area contributed by atoms with E-state index in [0.29, 0.717) is 38.4 Å². The van der Waals surface area contributed by atoms with Crippen LogP contribution in [0.4, 0.5) is 4.79 Å². The molecule has 164 valence electrons. The first-order valence-electron chi connectivity index (χ1n) is 9.94. The number of amides is 2. The highest BCUT2D eigenvalue weighted by Gasteiger charge is 2.35. The average molecular weight is 489 g/mol. The number of benzene rings is 2. The molecule has 0 radical (unpaired) electrons. The van der Waals surface area contributed by atoms with E-state index in [4.69, 9.17) is 14.2 Å². The van der Waals surface area contributed by atoms with Gasteiger partial charge in [-0.2, -0.15) is 0 Å². The van der Waals surface area contributed by atoms with Gasteiger partial charge in [0.2, 0.25) is 0 Å². The number of nitrogens with one attached hydrogen (secondary N) is 2. The Kier molecular flexibility index (Phi) is 7.22. The van der Waals surface area contributed by atoms with Crippen LogP contribution in [0.25, 0.3) is 5.70 Å². The summed E-state index contributed by atoms with van der Waals surface area (Å²) in [4.78, 5) is 25.5. The standard InChI is InChI=1S/C23H25BrN2O5/c1-5-30-22(27)18-19(14-9-7-6-8-10-14)25-23(28)26-20(18)15-11-16(24)21(31-13(2)3)17(12-15)29-4/h6-13,20H,5H2,1-4H3,(H2,25,26,28)/t20-/m0/s1. The lowest BCUT2D eigenvalue weighted by Crippen LogP contribution is -2.45. The summed E-state index contributed by atoms with van der Waals surface area (Å²) in [6, 6.07) is 11.6. The molecule has 1 atom stereocenters.